The molecular weight excluding hydrogens is 282 g/mol. The molecule has 0 saturated carbocycles. The first-order valence-electron chi connectivity index (χ1n) is 4.78. The smallest absolute Gasteiger partial charge is 0.242 e. The molecule has 84 valence electrons. The highest BCUT2D eigenvalue weighted by atomic mass is 79.9. The van der Waals surface area contributed by atoms with Crippen molar-refractivity contribution in [3.05, 3.63) is 46.6 Å². The van der Waals surface area contributed by atoms with E-state index in [-0.39, 0.29) is 0 Å². The number of benzene rings is 1. The minimum atomic E-state index is 0.298. The summed E-state index contributed by atoms with van der Waals surface area (Å²) in [6.45, 7) is 0. The fourth-order valence-electron chi connectivity index (χ4n) is 1.23. The van der Waals surface area contributed by atoms with Crippen LogP contribution in [0.3, 0.4) is 0 Å². The summed E-state index contributed by atoms with van der Waals surface area (Å²) in [5.74, 6) is 0.934. The number of nitrogens with zero attached hydrogens (tertiary/aromatic N) is 2. The van der Waals surface area contributed by atoms with Gasteiger partial charge in [-0.1, -0.05) is 15.9 Å². The Labute approximate surface area is 107 Å². The van der Waals surface area contributed by atoms with Gasteiger partial charge in [-0.2, -0.15) is 5.26 Å². The molecule has 1 heterocycles. The van der Waals surface area contributed by atoms with Crippen LogP contribution < -0.4 is 10.5 Å². The van der Waals surface area contributed by atoms with Crippen LogP contribution in [-0.4, -0.2) is 4.98 Å². The minimum Gasteiger partial charge on any atom is -0.437 e. The van der Waals surface area contributed by atoms with Crippen molar-refractivity contribution in [2.45, 2.75) is 0 Å². The fourth-order valence-corrected chi connectivity index (χ4v) is 1.49. The zero-order valence-corrected chi connectivity index (χ0v) is 10.3. The van der Waals surface area contributed by atoms with Gasteiger partial charge in [0.1, 0.15) is 11.8 Å². The molecule has 0 amide bonds. The molecule has 4 nitrogen and oxygen atoms in total. The van der Waals surface area contributed by atoms with Crippen molar-refractivity contribution < 1.29 is 4.74 Å². The minimum absolute atomic E-state index is 0.298. The zero-order valence-electron chi connectivity index (χ0n) is 8.72. The predicted molar refractivity (Wildman–Crippen MR) is 67.6 cm³/mol. The van der Waals surface area contributed by atoms with Crippen molar-refractivity contribution in [1.29, 1.82) is 5.26 Å². The Balaban J connectivity index is 2.25. The number of ether oxygens (including phenoxy) is 1. The Hall–Kier alpha value is -2.06. The van der Waals surface area contributed by atoms with Crippen LogP contribution in [0, 0.1) is 11.3 Å². The van der Waals surface area contributed by atoms with Gasteiger partial charge in [0, 0.05) is 10.7 Å². The molecule has 0 radical (unpaired) electrons. The molecule has 0 aliphatic carbocycles. The van der Waals surface area contributed by atoms with E-state index in [0.717, 1.165) is 4.47 Å². The number of hydrogen-bond acceptors (Lipinski definition) is 4. The van der Waals surface area contributed by atoms with Crippen LogP contribution in [0.4, 0.5) is 5.69 Å². The molecule has 0 aliphatic rings. The quantitative estimate of drug-likeness (QED) is 0.922. The van der Waals surface area contributed by atoms with E-state index in [1.807, 2.05) is 18.2 Å². The molecule has 2 aromatic rings. The third-order valence-electron chi connectivity index (χ3n) is 2.04. The molecule has 0 fully saturated rings. The molecule has 1 aromatic carbocycles. The maximum Gasteiger partial charge on any atom is 0.242 e. The van der Waals surface area contributed by atoms with Gasteiger partial charge in [-0.3, -0.25) is 0 Å². The van der Waals surface area contributed by atoms with E-state index in [9.17, 15) is 0 Å². The first kappa shape index (κ1) is 11.4. The maximum absolute atomic E-state index is 8.68. The maximum atomic E-state index is 8.68. The number of pyridine rings is 1. The molecule has 0 atom stereocenters. The number of nitrogens with two attached hydrogens (primary N) is 1. The third-order valence-corrected chi connectivity index (χ3v) is 2.56. The van der Waals surface area contributed by atoms with Crippen LogP contribution in [0.25, 0.3) is 0 Å². The summed E-state index contributed by atoms with van der Waals surface area (Å²) in [6, 6.07) is 10.8. The van der Waals surface area contributed by atoms with E-state index in [2.05, 4.69) is 20.9 Å². The summed E-state index contributed by atoms with van der Waals surface area (Å²) in [4.78, 5) is 3.99. The molecule has 0 bridgehead atoms. The Morgan fingerprint density at radius 2 is 2.00 bits per heavy atom. The van der Waals surface area contributed by atoms with Gasteiger partial charge in [0.25, 0.3) is 0 Å². The molecule has 17 heavy (non-hydrogen) atoms. The van der Waals surface area contributed by atoms with Crippen molar-refractivity contribution in [1.82, 2.24) is 4.98 Å². The van der Waals surface area contributed by atoms with Gasteiger partial charge in [-0.15, -0.1) is 0 Å². The van der Waals surface area contributed by atoms with Crippen LogP contribution >= 0.6 is 15.9 Å². The Bertz CT molecular complexity index is 575. The second kappa shape index (κ2) is 4.85. The first-order valence-corrected chi connectivity index (χ1v) is 5.57. The van der Waals surface area contributed by atoms with E-state index in [4.69, 9.17) is 15.7 Å². The lowest BCUT2D eigenvalue weighted by atomic mass is 10.3. The van der Waals surface area contributed by atoms with Gasteiger partial charge in [-0.25, -0.2) is 4.98 Å². The topological polar surface area (TPSA) is 71.9 Å². The van der Waals surface area contributed by atoms with Crippen LogP contribution in [0.1, 0.15) is 5.56 Å². The summed E-state index contributed by atoms with van der Waals surface area (Å²) < 4.78 is 6.46. The molecule has 0 unspecified atom stereocenters. The van der Waals surface area contributed by atoms with Gasteiger partial charge in [0.15, 0.2) is 0 Å². The summed E-state index contributed by atoms with van der Waals surface area (Å²) in [7, 11) is 0. The lowest BCUT2D eigenvalue weighted by Crippen LogP contribution is -1.95. The number of nitrogen functional groups attached to an aromatic ring is 1. The normalized spacial score (nSPS) is 9.65. The van der Waals surface area contributed by atoms with E-state index in [1.165, 1.54) is 12.3 Å². The second-order valence-corrected chi connectivity index (χ2v) is 4.20. The lowest BCUT2D eigenvalue weighted by molar-refractivity contribution is 0.465. The predicted octanol–water partition coefficient (Wildman–Crippen LogP) is 3.09. The molecule has 1 aromatic heterocycles. The van der Waals surface area contributed by atoms with Crippen LogP contribution in [0.15, 0.2) is 41.0 Å². The SMILES string of the molecule is N#Cc1cnc(Oc2ccc(Br)cc2)c(N)c1. The lowest BCUT2D eigenvalue weighted by Gasteiger charge is -2.07. The number of rotatable bonds is 2. The van der Waals surface area contributed by atoms with Crippen molar-refractivity contribution in [3.8, 4) is 17.7 Å². The number of halogens is 1. The van der Waals surface area contributed by atoms with E-state index in [0.29, 0.717) is 22.9 Å². The van der Waals surface area contributed by atoms with Crippen LogP contribution in [-0.2, 0) is 0 Å². The first-order chi connectivity index (χ1) is 8.19. The molecule has 0 aliphatic heterocycles. The van der Waals surface area contributed by atoms with Crippen molar-refractivity contribution in [3.63, 3.8) is 0 Å². The Kier molecular flexibility index (Phi) is 3.26. The largest absolute Gasteiger partial charge is 0.437 e. The van der Waals surface area contributed by atoms with Crippen molar-refractivity contribution in [2.24, 2.45) is 0 Å². The standard InChI is InChI=1S/C12H8BrN3O/c13-9-1-3-10(4-2-9)17-12-11(15)5-8(6-14)7-16-12/h1-5,7H,15H2. The summed E-state index contributed by atoms with van der Waals surface area (Å²) in [5.41, 5.74) is 6.47. The summed E-state index contributed by atoms with van der Waals surface area (Å²) in [6.07, 6.45) is 1.42. The molecule has 2 N–H and O–H groups in total. The monoisotopic (exact) mass is 289 g/mol. The van der Waals surface area contributed by atoms with Gasteiger partial charge < -0.3 is 10.5 Å². The highest BCUT2D eigenvalue weighted by Gasteiger charge is 2.05. The molecule has 0 saturated heterocycles. The number of hydrogen-bond donors (Lipinski definition) is 1. The van der Waals surface area contributed by atoms with Gasteiger partial charge in [0.05, 0.1) is 11.3 Å². The molecule has 5 heteroatoms. The average Bonchev–Trinajstić information content (AvgIpc) is 2.34. The number of anilines is 1. The zero-order chi connectivity index (χ0) is 12.3. The number of nitriles is 1. The van der Waals surface area contributed by atoms with Gasteiger partial charge in [0.2, 0.25) is 5.88 Å². The van der Waals surface area contributed by atoms with Gasteiger partial charge in [-0.05, 0) is 30.3 Å². The highest BCUT2D eigenvalue weighted by Crippen LogP contribution is 2.26. The molecule has 2 rings (SSSR count). The third kappa shape index (κ3) is 2.74. The van der Waals surface area contributed by atoms with Crippen molar-refractivity contribution >= 4 is 21.6 Å². The summed E-state index contributed by atoms with van der Waals surface area (Å²) >= 11 is 3.33. The number of aromatic nitrogens is 1. The van der Waals surface area contributed by atoms with E-state index < -0.39 is 0 Å². The van der Waals surface area contributed by atoms with Crippen LogP contribution in [0.2, 0.25) is 0 Å². The average molecular weight is 290 g/mol. The van der Waals surface area contributed by atoms with Crippen molar-refractivity contribution in [2.75, 3.05) is 5.73 Å². The second-order valence-electron chi connectivity index (χ2n) is 3.29. The fraction of sp³-hybridized carbons (Fsp3) is 0. The molecular formula is C12H8BrN3O. The van der Waals surface area contributed by atoms with E-state index >= 15 is 0 Å². The Morgan fingerprint density at radius 1 is 1.29 bits per heavy atom. The molecule has 0 spiro atoms. The summed E-state index contributed by atoms with van der Waals surface area (Å²) in [5, 5.41) is 8.68. The van der Waals surface area contributed by atoms with Crippen LogP contribution in [0.5, 0.6) is 11.6 Å². The van der Waals surface area contributed by atoms with Gasteiger partial charge >= 0.3 is 0 Å². The Morgan fingerprint density at radius 3 is 2.59 bits per heavy atom. The van der Waals surface area contributed by atoms with E-state index in [1.54, 1.807) is 12.1 Å². The highest BCUT2D eigenvalue weighted by molar-refractivity contribution is 9.10.